The van der Waals surface area contributed by atoms with Crippen molar-refractivity contribution in [2.45, 2.75) is 38.1 Å². The van der Waals surface area contributed by atoms with Crippen LogP contribution in [0.3, 0.4) is 0 Å². The number of hydrogen-bond donors (Lipinski definition) is 2. The van der Waals surface area contributed by atoms with Crippen LogP contribution in [0.15, 0.2) is 12.4 Å². The van der Waals surface area contributed by atoms with Crippen LogP contribution in [0.2, 0.25) is 0 Å². The first kappa shape index (κ1) is 11.4. The summed E-state index contributed by atoms with van der Waals surface area (Å²) in [6, 6.07) is 0.409. The molecule has 0 radical (unpaired) electrons. The van der Waals surface area contributed by atoms with Gasteiger partial charge in [-0.3, -0.25) is 0 Å². The number of rotatable bonds is 2. The molecule has 102 valence electrons. The van der Waals surface area contributed by atoms with Gasteiger partial charge in [-0.05, 0) is 55.8 Å². The lowest BCUT2D eigenvalue weighted by atomic mass is 9.54. The topological polar surface area (TPSA) is 62.5 Å². The summed E-state index contributed by atoms with van der Waals surface area (Å²) >= 11 is 0. The molecule has 0 spiro atoms. The highest BCUT2D eigenvalue weighted by Crippen LogP contribution is 2.58. The zero-order chi connectivity index (χ0) is 13.1. The van der Waals surface area contributed by atoms with Gasteiger partial charge >= 0.3 is 5.97 Å². The summed E-state index contributed by atoms with van der Waals surface area (Å²) < 4.78 is 1.99. The van der Waals surface area contributed by atoms with Gasteiger partial charge in [0.2, 0.25) is 0 Å². The molecule has 0 unspecified atom stereocenters. The Hall–Kier alpha value is -1.45. The Morgan fingerprint density at radius 2 is 1.63 bits per heavy atom. The molecule has 0 aromatic carbocycles. The molecule has 4 aliphatic rings. The summed E-state index contributed by atoms with van der Waals surface area (Å²) in [5, 5.41) is 18.8. The minimum atomic E-state index is -1.04. The third-order valence-corrected chi connectivity index (χ3v) is 5.58. The van der Waals surface area contributed by atoms with Gasteiger partial charge in [0.15, 0.2) is 0 Å². The van der Waals surface area contributed by atoms with E-state index in [-0.39, 0.29) is 11.3 Å². The number of aromatic carboxylic acids is 1. The Bertz CT molecular complexity index is 505. The maximum Gasteiger partial charge on any atom is 0.341 e. The molecule has 0 amide bonds. The molecule has 1 heterocycles. The summed E-state index contributed by atoms with van der Waals surface area (Å²) in [6.07, 6.45) is 9.83. The van der Waals surface area contributed by atoms with Gasteiger partial charge in [0, 0.05) is 18.4 Å². The van der Waals surface area contributed by atoms with Crippen LogP contribution in [-0.4, -0.2) is 20.7 Å². The third-order valence-electron chi connectivity index (χ3n) is 5.58. The van der Waals surface area contributed by atoms with Crippen LogP contribution in [-0.2, 0) is 0 Å². The van der Waals surface area contributed by atoms with Crippen molar-refractivity contribution < 1.29 is 15.0 Å². The number of aromatic hydroxyl groups is 1. The number of carboxylic acid groups (broad SMARTS) is 1. The SMILES string of the molecule is O=C(O)c1cn(C2C3CC4CC(C3)CC2C4)cc1O. The van der Waals surface area contributed by atoms with Gasteiger partial charge in [0.25, 0.3) is 0 Å². The summed E-state index contributed by atoms with van der Waals surface area (Å²) in [6.45, 7) is 0. The van der Waals surface area contributed by atoms with E-state index < -0.39 is 5.97 Å². The normalized spacial score (nSPS) is 39.7. The highest BCUT2D eigenvalue weighted by molar-refractivity contribution is 5.90. The fourth-order valence-electron chi connectivity index (χ4n) is 5.18. The lowest BCUT2D eigenvalue weighted by molar-refractivity contribution is -0.0291. The molecule has 19 heavy (non-hydrogen) atoms. The molecule has 4 saturated carbocycles. The Labute approximate surface area is 112 Å². The van der Waals surface area contributed by atoms with Crippen LogP contribution < -0.4 is 0 Å². The minimum absolute atomic E-state index is 0.0359. The van der Waals surface area contributed by atoms with Crippen LogP contribution in [0.1, 0.15) is 48.5 Å². The molecular formula is C15H19NO3. The molecule has 0 saturated heterocycles. The predicted molar refractivity (Wildman–Crippen MR) is 69.1 cm³/mol. The predicted octanol–water partition coefficient (Wildman–Crippen LogP) is 2.89. The third kappa shape index (κ3) is 1.62. The molecule has 4 fully saturated rings. The van der Waals surface area contributed by atoms with E-state index >= 15 is 0 Å². The standard InChI is InChI=1S/C15H19NO3/c17-13-7-16(6-12(13)15(18)19)14-10-2-8-1-9(4-10)5-11(14)3-8/h6-11,14,17H,1-5H2,(H,18,19). The second-order valence-corrected chi connectivity index (χ2v) is 6.73. The van der Waals surface area contributed by atoms with Crippen LogP contribution in [0.25, 0.3) is 0 Å². The highest BCUT2D eigenvalue weighted by Gasteiger charge is 2.48. The fraction of sp³-hybridized carbons (Fsp3) is 0.667. The van der Waals surface area contributed by atoms with Crippen molar-refractivity contribution in [3.05, 3.63) is 18.0 Å². The Morgan fingerprint density at radius 1 is 1.05 bits per heavy atom. The van der Waals surface area contributed by atoms with Gasteiger partial charge in [-0.25, -0.2) is 4.79 Å². The Kier molecular flexibility index (Phi) is 2.26. The lowest BCUT2D eigenvalue weighted by Gasteiger charge is -2.54. The summed E-state index contributed by atoms with van der Waals surface area (Å²) in [5.41, 5.74) is 0.0359. The maximum atomic E-state index is 11.1. The van der Waals surface area contributed by atoms with E-state index in [1.54, 1.807) is 12.4 Å². The molecule has 4 nitrogen and oxygen atoms in total. The van der Waals surface area contributed by atoms with E-state index in [9.17, 15) is 9.90 Å². The lowest BCUT2D eigenvalue weighted by Crippen LogP contribution is -2.45. The van der Waals surface area contributed by atoms with E-state index in [0.29, 0.717) is 17.9 Å². The van der Waals surface area contributed by atoms with E-state index in [1.807, 2.05) is 4.57 Å². The molecule has 0 aliphatic heterocycles. The Balaban J connectivity index is 1.69. The zero-order valence-corrected chi connectivity index (χ0v) is 10.8. The fourth-order valence-corrected chi connectivity index (χ4v) is 5.18. The molecule has 4 aliphatic carbocycles. The second kappa shape index (κ2) is 3.78. The summed E-state index contributed by atoms with van der Waals surface area (Å²) in [5.74, 6) is 2.04. The quantitative estimate of drug-likeness (QED) is 0.860. The number of nitrogens with zero attached hydrogens (tertiary/aromatic N) is 1. The molecule has 4 bridgehead atoms. The van der Waals surface area contributed by atoms with Crippen LogP contribution >= 0.6 is 0 Å². The molecule has 1 aromatic rings. The van der Waals surface area contributed by atoms with E-state index in [2.05, 4.69) is 0 Å². The van der Waals surface area contributed by atoms with Crippen molar-refractivity contribution in [2.75, 3.05) is 0 Å². The van der Waals surface area contributed by atoms with Gasteiger partial charge in [-0.2, -0.15) is 0 Å². The van der Waals surface area contributed by atoms with Gasteiger partial charge in [-0.15, -0.1) is 0 Å². The van der Waals surface area contributed by atoms with Gasteiger partial charge in [-0.1, -0.05) is 0 Å². The van der Waals surface area contributed by atoms with Gasteiger partial charge in [0.05, 0.1) is 0 Å². The smallest absolute Gasteiger partial charge is 0.341 e. The van der Waals surface area contributed by atoms with Crippen molar-refractivity contribution in [1.82, 2.24) is 4.57 Å². The molecule has 1 aromatic heterocycles. The summed E-state index contributed by atoms with van der Waals surface area (Å²) in [7, 11) is 0. The maximum absolute atomic E-state index is 11.1. The molecule has 4 heteroatoms. The van der Waals surface area contributed by atoms with Crippen molar-refractivity contribution in [1.29, 1.82) is 0 Å². The molecule has 2 N–H and O–H groups in total. The molecular weight excluding hydrogens is 242 g/mol. The molecule has 5 rings (SSSR count). The van der Waals surface area contributed by atoms with E-state index in [4.69, 9.17) is 5.11 Å². The first-order chi connectivity index (χ1) is 9.11. The van der Waals surface area contributed by atoms with Gasteiger partial charge in [0.1, 0.15) is 11.3 Å². The summed E-state index contributed by atoms with van der Waals surface area (Å²) in [4.78, 5) is 11.1. The first-order valence-corrected chi connectivity index (χ1v) is 7.25. The number of carboxylic acids is 1. The number of aromatic nitrogens is 1. The van der Waals surface area contributed by atoms with Crippen molar-refractivity contribution in [3.63, 3.8) is 0 Å². The number of hydrogen-bond acceptors (Lipinski definition) is 2. The van der Waals surface area contributed by atoms with Crippen molar-refractivity contribution in [3.8, 4) is 5.75 Å². The average Bonchev–Trinajstić information content (AvgIpc) is 2.69. The van der Waals surface area contributed by atoms with Crippen LogP contribution in [0, 0.1) is 23.7 Å². The van der Waals surface area contributed by atoms with E-state index in [0.717, 1.165) is 11.8 Å². The van der Waals surface area contributed by atoms with E-state index in [1.165, 1.54) is 32.1 Å². The second-order valence-electron chi connectivity index (χ2n) is 6.73. The Morgan fingerprint density at radius 3 is 2.11 bits per heavy atom. The molecule has 0 atom stereocenters. The monoisotopic (exact) mass is 261 g/mol. The van der Waals surface area contributed by atoms with Gasteiger partial charge < -0.3 is 14.8 Å². The largest absolute Gasteiger partial charge is 0.505 e. The first-order valence-electron chi connectivity index (χ1n) is 7.25. The van der Waals surface area contributed by atoms with Crippen molar-refractivity contribution in [2.24, 2.45) is 23.7 Å². The van der Waals surface area contributed by atoms with Crippen LogP contribution in [0.5, 0.6) is 5.75 Å². The number of carbonyl (C=O) groups is 1. The zero-order valence-electron chi connectivity index (χ0n) is 10.8. The average molecular weight is 261 g/mol. The highest BCUT2D eigenvalue weighted by atomic mass is 16.4. The van der Waals surface area contributed by atoms with Crippen LogP contribution in [0.4, 0.5) is 0 Å². The van der Waals surface area contributed by atoms with Crippen molar-refractivity contribution >= 4 is 5.97 Å². The minimum Gasteiger partial charge on any atom is -0.505 e.